The Bertz CT molecular complexity index is 960. The summed E-state index contributed by atoms with van der Waals surface area (Å²) in [6.45, 7) is 1.70. The minimum absolute atomic E-state index is 0.0868. The monoisotopic (exact) mass is 381 g/mol. The van der Waals surface area contributed by atoms with Gasteiger partial charge in [0.15, 0.2) is 0 Å². The summed E-state index contributed by atoms with van der Waals surface area (Å²) in [7, 11) is -1.85. The molecule has 0 saturated heterocycles. The number of fused-ring (bicyclic) bond motifs is 1. The summed E-state index contributed by atoms with van der Waals surface area (Å²) in [5, 5.41) is 25.0. The number of rotatable bonds is 6. The van der Waals surface area contributed by atoms with Crippen LogP contribution in [0.5, 0.6) is 0 Å². The molecule has 3 aromatic rings. The third kappa shape index (κ3) is 4.57. The van der Waals surface area contributed by atoms with E-state index in [2.05, 4.69) is 15.6 Å². The van der Waals surface area contributed by atoms with Crippen LogP contribution in [0.2, 0.25) is 0 Å². The van der Waals surface area contributed by atoms with Crippen LogP contribution in [0.1, 0.15) is 24.2 Å². The predicted molar refractivity (Wildman–Crippen MR) is 103 cm³/mol. The number of aromatic nitrogens is 1. The molecule has 28 heavy (non-hydrogen) atoms. The van der Waals surface area contributed by atoms with Crippen LogP contribution in [0, 0.1) is 0 Å². The number of carbonyl (C=O) groups excluding carboxylic acids is 2. The lowest BCUT2D eigenvalue weighted by molar-refractivity contribution is -0.139. The van der Waals surface area contributed by atoms with Gasteiger partial charge in [-0.15, -0.1) is 0 Å². The Hall–Kier alpha value is -3.17. The molecule has 0 aliphatic carbocycles. The molecule has 9 heteroatoms. The Morgan fingerprint density at radius 3 is 2.54 bits per heavy atom. The summed E-state index contributed by atoms with van der Waals surface area (Å²) in [6.07, 6.45) is 3.17. The number of pyridine rings is 1. The Kier molecular flexibility index (Phi) is 6.08. The van der Waals surface area contributed by atoms with E-state index in [1.165, 1.54) is 6.26 Å². The highest BCUT2D eigenvalue weighted by Gasteiger charge is 2.29. The average Bonchev–Trinajstić information content (AvgIpc) is 3.11. The molecule has 2 atom stereocenters. The molecular weight excluding hydrogens is 361 g/mol. The van der Waals surface area contributed by atoms with Crippen molar-refractivity contribution >= 4 is 29.9 Å². The molecule has 4 N–H and O–H groups in total. The summed E-state index contributed by atoms with van der Waals surface area (Å²) in [5.74, 6) is -2.93. The fourth-order valence-corrected chi connectivity index (χ4v) is 2.86. The number of carbonyl (C=O) groups is 2. The zero-order valence-corrected chi connectivity index (χ0v) is 15.2. The van der Waals surface area contributed by atoms with Crippen molar-refractivity contribution in [3.05, 3.63) is 66.2 Å². The molecule has 0 unspecified atom stereocenters. The summed E-state index contributed by atoms with van der Waals surface area (Å²) < 4.78 is 5.42. The van der Waals surface area contributed by atoms with E-state index < -0.39 is 30.9 Å². The molecule has 0 saturated carbocycles. The van der Waals surface area contributed by atoms with Crippen molar-refractivity contribution in [1.29, 1.82) is 0 Å². The fraction of sp³-hybridized carbons (Fsp3) is 0.211. The first-order valence-corrected chi connectivity index (χ1v) is 8.79. The first-order valence-electron chi connectivity index (χ1n) is 8.79. The molecule has 2 heterocycles. The van der Waals surface area contributed by atoms with E-state index in [1.54, 1.807) is 37.4 Å². The topological polar surface area (TPSA) is 125 Å². The number of hydrogen-bond donors (Lipinski definition) is 4. The van der Waals surface area contributed by atoms with Crippen LogP contribution in [0.25, 0.3) is 11.0 Å². The van der Waals surface area contributed by atoms with E-state index in [9.17, 15) is 19.6 Å². The van der Waals surface area contributed by atoms with Crippen LogP contribution in [0.4, 0.5) is 0 Å². The van der Waals surface area contributed by atoms with Gasteiger partial charge >= 0.3 is 18.9 Å². The molecule has 0 radical (unpaired) electrons. The first kappa shape index (κ1) is 19.6. The Labute approximate surface area is 161 Å². The van der Waals surface area contributed by atoms with Gasteiger partial charge in [-0.1, -0.05) is 24.3 Å². The van der Waals surface area contributed by atoms with E-state index in [4.69, 9.17) is 4.42 Å². The summed E-state index contributed by atoms with van der Waals surface area (Å²) in [4.78, 5) is 28.5. The van der Waals surface area contributed by atoms with Gasteiger partial charge < -0.3 is 25.1 Å². The van der Waals surface area contributed by atoms with E-state index in [-0.39, 0.29) is 6.42 Å². The van der Waals surface area contributed by atoms with Gasteiger partial charge in [0.05, 0.1) is 23.9 Å². The second kappa shape index (κ2) is 8.68. The van der Waals surface area contributed by atoms with Crippen molar-refractivity contribution in [2.45, 2.75) is 25.3 Å². The number of para-hydroxylation sites is 1. The highest BCUT2D eigenvalue weighted by atomic mass is 16.4. The van der Waals surface area contributed by atoms with E-state index in [1.807, 2.05) is 18.2 Å². The lowest BCUT2D eigenvalue weighted by Gasteiger charge is -2.18. The lowest BCUT2D eigenvalue weighted by atomic mass is 9.76. The number of amides is 2. The zero-order chi connectivity index (χ0) is 20.1. The molecule has 0 fully saturated rings. The maximum Gasteiger partial charge on any atom is 0.475 e. The van der Waals surface area contributed by atoms with Crippen LogP contribution in [-0.4, -0.2) is 39.9 Å². The first-order chi connectivity index (χ1) is 13.5. The average molecular weight is 381 g/mol. The number of furan rings is 1. The Morgan fingerprint density at radius 1 is 1.11 bits per heavy atom. The minimum Gasteiger partial charge on any atom is -0.464 e. The standard InChI is InChI=1S/C19H20BN3O5/c1-12(15-7-4-5-9-21-15)22-18(24)19(25)23-17(20(26)27)10-13-11-28-16-8-3-2-6-14(13)16/h2-9,11-12,17,26-27H,10H2,1H3,(H,22,24)(H,23,25)/t12-,17+/m1/s1. The second-order valence-corrected chi connectivity index (χ2v) is 6.40. The molecule has 3 rings (SSSR count). The van der Waals surface area contributed by atoms with Crippen LogP contribution in [0.3, 0.4) is 0 Å². The maximum atomic E-state index is 12.2. The van der Waals surface area contributed by atoms with Gasteiger partial charge in [-0.05, 0) is 37.1 Å². The second-order valence-electron chi connectivity index (χ2n) is 6.40. The van der Waals surface area contributed by atoms with Crippen LogP contribution in [0.15, 0.2) is 59.3 Å². The molecule has 1 aromatic carbocycles. The van der Waals surface area contributed by atoms with Gasteiger partial charge in [0.2, 0.25) is 0 Å². The van der Waals surface area contributed by atoms with Crippen molar-refractivity contribution in [1.82, 2.24) is 15.6 Å². The Morgan fingerprint density at radius 2 is 1.82 bits per heavy atom. The normalized spacial score (nSPS) is 13.0. The SMILES string of the molecule is C[C@@H](NC(=O)C(=O)N[C@@H](Cc1coc2ccccc12)B(O)O)c1ccccn1. The van der Waals surface area contributed by atoms with Gasteiger partial charge in [0, 0.05) is 11.6 Å². The lowest BCUT2D eigenvalue weighted by Crippen LogP contribution is -2.52. The van der Waals surface area contributed by atoms with E-state index in [0.29, 0.717) is 16.8 Å². The molecular formula is C19H20BN3O5. The Balaban J connectivity index is 1.65. The van der Waals surface area contributed by atoms with Crippen molar-refractivity contribution in [3.63, 3.8) is 0 Å². The van der Waals surface area contributed by atoms with E-state index in [0.717, 1.165) is 5.39 Å². The molecule has 0 bridgehead atoms. The van der Waals surface area contributed by atoms with Crippen molar-refractivity contribution in [2.24, 2.45) is 0 Å². The third-order valence-corrected chi connectivity index (χ3v) is 4.36. The van der Waals surface area contributed by atoms with Gasteiger partial charge in [-0.25, -0.2) is 0 Å². The molecule has 2 amide bonds. The predicted octanol–water partition coefficient (Wildman–Crippen LogP) is 0.744. The number of hydrogen-bond acceptors (Lipinski definition) is 6. The van der Waals surface area contributed by atoms with Crippen molar-refractivity contribution in [2.75, 3.05) is 0 Å². The van der Waals surface area contributed by atoms with Crippen molar-refractivity contribution in [3.8, 4) is 0 Å². The summed E-state index contributed by atoms with van der Waals surface area (Å²) in [6, 6.07) is 12.0. The van der Waals surface area contributed by atoms with Crippen LogP contribution < -0.4 is 10.6 Å². The smallest absolute Gasteiger partial charge is 0.464 e. The molecule has 0 spiro atoms. The quantitative estimate of drug-likeness (QED) is 0.369. The number of benzene rings is 1. The summed E-state index contributed by atoms with van der Waals surface area (Å²) in [5.41, 5.74) is 1.94. The van der Waals surface area contributed by atoms with Crippen LogP contribution in [-0.2, 0) is 16.0 Å². The third-order valence-electron chi connectivity index (χ3n) is 4.36. The molecule has 144 valence electrons. The van der Waals surface area contributed by atoms with Gasteiger partial charge in [0.25, 0.3) is 0 Å². The fourth-order valence-electron chi connectivity index (χ4n) is 2.86. The highest BCUT2D eigenvalue weighted by Crippen LogP contribution is 2.22. The maximum absolute atomic E-state index is 12.2. The van der Waals surface area contributed by atoms with E-state index >= 15 is 0 Å². The largest absolute Gasteiger partial charge is 0.475 e. The van der Waals surface area contributed by atoms with Crippen LogP contribution >= 0.6 is 0 Å². The molecule has 2 aromatic heterocycles. The number of nitrogens with one attached hydrogen (secondary N) is 2. The van der Waals surface area contributed by atoms with Crippen molar-refractivity contribution < 1.29 is 24.1 Å². The van der Waals surface area contributed by atoms with Gasteiger partial charge in [-0.2, -0.15) is 0 Å². The van der Waals surface area contributed by atoms with Gasteiger partial charge in [-0.3, -0.25) is 14.6 Å². The van der Waals surface area contributed by atoms with Gasteiger partial charge in [0.1, 0.15) is 5.58 Å². The minimum atomic E-state index is -1.85. The summed E-state index contributed by atoms with van der Waals surface area (Å²) >= 11 is 0. The number of nitrogens with zero attached hydrogens (tertiary/aromatic N) is 1. The zero-order valence-electron chi connectivity index (χ0n) is 15.2. The highest BCUT2D eigenvalue weighted by molar-refractivity contribution is 6.45. The molecule has 8 nitrogen and oxygen atoms in total. The molecule has 0 aliphatic rings. The molecule has 0 aliphatic heterocycles.